The third-order valence-electron chi connectivity index (χ3n) is 3.20. The number of hydrogen-bond donors (Lipinski definition) is 0. The average Bonchev–Trinajstić information content (AvgIpc) is 2.56. The normalized spacial score (nSPS) is 10.7. The molecule has 0 spiro atoms. The third kappa shape index (κ3) is 4.86. The molecule has 0 saturated heterocycles. The average molecular weight is 391 g/mol. The zero-order valence-corrected chi connectivity index (χ0v) is 15.4. The van der Waals surface area contributed by atoms with E-state index in [1.807, 2.05) is 38.1 Å². The van der Waals surface area contributed by atoms with Crippen LogP contribution in [0.2, 0.25) is 0 Å². The van der Waals surface area contributed by atoms with E-state index < -0.39 is 5.97 Å². The molecule has 0 aliphatic heterocycles. The number of hydrogen-bond acceptors (Lipinski definition) is 4. The lowest BCUT2D eigenvalue weighted by molar-refractivity contribution is -0.128. The van der Waals surface area contributed by atoms with Crippen LogP contribution < -0.4 is 14.2 Å². The van der Waals surface area contributed by atoms with E-state index in [1.165, 1.54) is 6.08 Å². The topological polar surface area (TPSA) is 44.8 Å². The fourth-order valence-electron chi connectivity index (χ4n) is 2.06. The van der Waals surface area contributed by atoms with Gasteiger partial charge < -0.3 is 14.2 Å². The largest absolute Gasteiger partial charge is 0.493 e. The molecule has 0 N–H and O–H groups in total. The highest BCUT2D eigenvalue weighted by molar-refractivity contribution is 9.10. The van der Waals surface area contributed by atoms with Gasteiger partial charge in [-0.3, -0.25) is 0 Å². The highest BCUT2D eigenvalue weighted by atomic mass is 79.9. The number of benzene rings is 2. The summed E-state index contributed by atoms with van der Waals surface area (Å²) in [4.78, 5) is 12.0. The second kappa shape index (κ2) is 8.55. The van der Waals surface area contributed by atoms with Gasteiger partial charge in [0, 0.05) is 6.08 Å². The Hall–Kier alpha value is -2.27. The predicted octanol–water partition coefficient (Wildman–Crippen LogP) is 4.78. The lowest BCUT2D eigenvalue weighted by Crippen LogP contribution is -2.04. The van der Waals surface area contributed by atoms with E-state index in [1.54, 1.807) is 25.3 Å². The lowest BCUT2D eigenvalue weighted by atomic mass is 10.2. The first kappa shape index (κ1) is 18.1. The first-order chi connectivity index (χ1) is 11.5. The molecule has 0 saturated carbocycles. The second-order valence-electron chi connectivity index (χ2n) is 5.03. The molecule has 0 aromatic heterocycles. The van der Waals surface area contributed by atoms with Crippen LogP contribution in [0.3, 0.4) is 0 Å². The first-order valence-corrected chi connectivity index (χ1v) is 8.29. The molecule has 0 bridgehead atoms. The summed E-state index contributed by atoms with van der Waals surface area (Å²) in [6.07, 6.45) is 3.05. The van der Waals surface area contributed by atoms with Gasteiger partial charge in [0.2, 0.25) is 0 Å². The molecule has 0 unspecified atom stereocenters. The van der Waals surface area contributed by atoms with Crippen LogP contribution >= 0.6 is 15.9 Å². The molecule has 2 aromatic rings. The summed E-state index contributed by atoms with van der Waals surface area (Å²) >= 11 is 3.38. The van der Waals surface area contributed by atoms with Crippen LogP contribution in [0.15, 0.2) is 46.9 Å². The quantitative estimate of drug-likeness (QED) is 0.404. The summed E-state index contributed by atoms with van der Waals surface area (Å²) in [5.74, 6) is 1.32. The van der Waals surface area contributed by atoms with Crippen molar-refractivity contribution >= 4 is 28.0 Å². The maximum atomic E-state index is 12.0. The van der Waals surface area contributed by atoms with Crippen molar-refractivity contribution in [1.29, 1.82) is 0 Å². The molecule has 0 heterocycles. The van der Waals surface area contributed by atoms with Gasteiger partial charge in [-0.05, 0) is 71.2 Å². The smallest absolute Gasteiger partial charge is 0.336 e. The molecule has 0 aliphatic carbocycles. The van der Waals surface area contributed by atoms with E-state index in [0.717, 1.165) is 15.6 Å². The Kier molecular flexibility index (Phi) is 6.44. The summed E-state index contributed by atoms with van der Waals surface area (Å²) in [7, 11) is 1.58. The van der Waals surface area contributed by atoms with Crippen molar-refractivity contribution in [3.05, 3.63) is 58.1 Å². The van der Waals surface area contributed by atoms with E-state index in [4.69, 9.17) is 14.2 Å². The molecule has 24 heavy (non-hydrogen) atoms. The van der Waals surface area contributed by atoms with Gasteiger partial charge in [0.25, 0.3) is 0 Å². The van der Waals surface area contributed by atoms with Crippen LogP contribution in [-0.2, 0) is 4.79 Å². The molecule has 5 heteroatoms. The van der Waals surface area contributed by atoms with E-state index in [2.05, 4.69) is 15.9 Å². The van der Waals surface area contributed by atoms with Gasteiger partial charge in [-0.1, -0.05) is 12.1 Å². The number of carbonyl (C=O) groups excluding carboxylic acids is 1. The third-order valence-corrected chi connectivity index (χ3v) is 3.82. The van der Waals surface area contributed by atoms with Crippen molar-refractivity contribution in [3.63, 3.8) is 0 Å². The highest BCUT2D eigenvalue weighted by Crippen LogP contribution is 2.29. The number of carbonyl (C=O) groups is 1. The van der Waals surface area contributed by atoms with Crippen molar-refractivity contribution in [2.75, 3.05) is 13.7 Å². The van der Waals surface area contributed by atoms with Crippen molar-refractivity contribution in [2.24, 2.45) is 0 Å². The van der Waals surface area contributed by atoms with Crippen LogP contribution in [0.5, 0.6) is 17.2 Å². The highest BCUT2D eigenvalue weighted by Gasteiger charge is 2.07. The van der Waals surface area contributed by atoms with Gasteiger partial charge in [-0.25, -0.2) is 4.79 Å². The van der Waals surface area contributed by atoms with Crippen LogP contribution in [0.1, 0.15) is 18.1 Å². The van der Waals surface area contributed by atoms with E-state index in [9.17, 15) is 4.79 Å². The standard InChI is InChI=1S/C19H19BrO4/c1-4-23-17-9-6-14(12-18(17)22-3)7-10-19(21)24-16-8-5-13(2)11-15(16)20/h5-12H,4H2,1-3H3/b10-7+. The minimum atomic E-state index is -0.451. The number of methoxy groups -OCH3 is 1. The monoisotopic (exact) mass is 390 g/mol. The van der Waals surface area contributed by atoms with Crippen LogP contribution in [-0.4, -0.2) is 19.7 Å². The molecule has 0 amide bonds. The number of rotatable bonds is 6. The minimum Gasteiger partial charge on any atom is -0.493 e. The van der Waals surface area contributed by atoms with Gasteiger partial charge in [0.15, 0.2) is 11.5 Å². The lowest BCUT2D eigenvalue weighted by Gasteiger charge is -2.09. The summed E-state index contributed by atoms with van der Waals surface area (Å²) in [6.45, 7) is 4.44. The van der Waals surface area contributed by atoms with Crippen LogP contribution in [0.25, 0.3) is 6.08 Å². The Balaban J connectivity index is 2.08. The Morgan fingerprint density at radius 3 is 2.54 bits per heavy atom. The Morgan fingerprint density at radius 1 is 1.12 bits per heavy atom. The maximum Gasteiger partial charge on any atom is 0.336 e. The molecule has 2 rings (SSSR count). The van der Waals surface area contributed by atoms with Crippen molar-refractivity contribution in [1.82, 2.24) is 0 Å². The molecular weight excluding hydrogens is 372 g/mol. The summed E-state index contributed by atoms with van der Waals surface area (Å²) in [6, 6.07) is 11.0. The fraction of sp³-hybridized carbons (Fsp3) is 0.211. The van der Waals surface area contributed by atoms with Crippen LogP contribution in [0, 0.1) is 6.92 Å². The Labute approximate surface area is 150 Å². The predicted molar refractivity (Wildman–Crippen MR) is 97.7 cm³/mol. The van der Waals surface area contributed by atoms with Gasteiger partial charge >= 0.3 is 5.97 Å². The summed E-state index contributed by atoms with van der Waals surface area (Å²) in [5.41, 5.74) is 1.90. The summed E-state index contributed by atoms with van der Waals surface area (Å²) < 4.78 is 16.8. The summed E-state index contributed by atoms with van der Waals surface area (Å²) in [5, 5.41) is 0. The maximum absolute atomic E-state index is 12.0. The molecule has 0 radical (unpaired) electrons. The van der Waals surface area contributed by atoms with Gasteiger partial charge in [-0.15, -0.1) is 0 Å². The van der Waals surface area contributed by atoms with Crippen molar-refractivity contribution in [2.45, 2.75) is 13.8 Å². The van der Waals surface area contributed by atoms with Crippen LogP contribution in [0.4, 0.5) is 0 Å². The van der Waals surface area contributed by atoms with E-state index in [0.29, 0.717) is 23.9 Å². The van der Waals surface area contributed by atoms with E-state index >= 15 is 0 Å². The first-order valence-electron chi connectivity index (χ1n) is 7.50. The second-order valence-corrected chi connectivity index (χ2v) is 5.89. The number of halogens is 1. The number of esters is 1. The zero-order valence-electron chi connectivity index (χ0n) is 13.8. The number of aryl methyl sites for hydroxylation is 1. The van der Waals surface area contributed by atoms with Crippen molar-refractivity contribution in [3.8, 4) is 17.2 Å². The van der Waals surface area contributed by atoms with Gasteiger partial charge in [-0.2, -0.15) is 0 Å². The molecular formula is C19H19BrO4. The molecule has 0 aliphatic rings. The fourth-order valence-corrected chi connectivity index (χ4v) is 2.63. The molecule has 2 aromatic carbocycles. The number of ether oxygens (including phenoxy) is 3. The minimum absolute atomic E-state index is 0.451. The Bertz CT molecular complexity index is 753. The molecule has 126 valence electrons. The van der Waals surface area contributed by atoms with E-state index in [-0.39, 0.29) is 0 Å². The zero-order chi connectivity index (χ0) is 17.5. The molecule has 0 fully saturated rings. The molecule has 4 nitrogen and oxygen atoms in total. The molecule has 0 atom stereocenters. The van der Waals surface area contributed by atoms with Gasteiger partial charge in [0.05, 0.1) is 18.2 Å². The SMILES string of the molecule is CCOc1ccc(/C=C/C(=O)Oc2ccc(C)cc2Br)cc1OC. The Morgan fingerprint density at radius 2 is 1.88 bits per heavy atom. The van der Waals surface area contributed by atoms with Gasteiger partial charge in [0.1, 0.15) is 5.75 Å². The van der Waals surface area contributed by atoms with Crippen molar-refractivity contribution < 1.29 is 19.0 Å².